The summed E-state index contributed by atoms with van der Waals surface area (Å²) in [7, 11) is 1.28. The third-order valence-corrected chi connectivity index (χ3v) is 5.36. The number of halogens is 1. The molecule has 2 aromatic rings. The number of carbonyl (C=O) groups is 2. The van der Waals surface area contributed by atoms with E-state index in [0.29, 0.717) is 11.3 Å². The number of ether oxygens (including phenoxy) is 1. The zero-order chi connectivity index (χ0) is 23.4. The first-order chi connectivity index (χ1) is 16.0. The second kappa shape index (κ2) is 11.0. The number of rotatable bonds is 7. The van der Waals surface area contributed by atoms with E-state index in [4.69, 9.17) is 9.40 Å². The average Bonchev–Trinajstić information content (AvgIpc) is 2.82. The maximum atomic E-state index is 12.0. The van der Waals surface area contributed by atoms with Crippen LogP contribution in [-0.4, -0.2) is 43.6 Å². The van der Waals surface area contributed by atoms with Crippen LogP contribution in [0.2, 0.25) is 0 Å². The lowest BCUT2D eigenvalue weighted by molar-refractivity contribution is -0.141. The summed E-state index contributed by atoms with van der Waals surface area (Å²) < 4.78 is 10.8. The van der Waals surface area contributed by atoms with Gasteiger partial charge in [0.1, 0.15) is 17.8 Å². The van der Waals surface area contributed by atoms with Crippen molar-refractivity contribution < 1.29 is 18.7 Å². The lowest BCUT2D eigenvalue weighted by Gasteiger charge is -2.13. The SMILES string of the molecule is CCNc1cc2oc3cc(=NCCC(=O)NCC(=O)OC)c4ccccc4c-3nc2cc1C.Cl. The molecule has 2 N–H and O–H groups in total. The molecule has 0 saturated carbocycles. The lowest BCUT2D eigenvalue weighted by atomic mass is 10.0. The Labute approximate surface area is 203 Å². The molecule has 0 aromatic heterocycles. The number of nitrogens with zero attached hydrogens (tertiary/aromatic N) is 2. The zero-order valence-electron chi connectivity index (χ0n) is 19.3. The van der Waals surface area contributed by atoms with Crippen molar-refractivity contribution in [1.29, 1.82) is 0 Å². The third-order valence-electron chi connectivity index (χ3n) is 5.36. The fourth-order valence-corrected chi connectivity index (χ4v) is 3.71. The Kier molecular flexibility index (Phi) is 8.07. The minimum Gasteiger partial charge on any atom is -0.468 e. The molecule has 0 unspecified atom stereocenters. The van der Waals surface area contributed by atoms with Crippen LogP contribution in [0.5, 0.6) is 0 Å². The molecule has 2 aliphatic rings. The highest BCUT2D eigenvalue weighted by Crippen LogP contribution is 2.32. The number of hydrogen-bond acceptors (Lipinski definition) is 7. The van der Waals surface area contributed by atoms with Gasteiger partial charge >= 0.3 is 5.97 Å². The maximum Gasteiger partial charge on any atom is 0.325 e. The standard InChI is InChI=1S/C25H26N4O4.ClH/c1-4-26-18-12-21-20(11-15(18)2)29-25-17-8-6-5-7-16(17)19(13-22(25)33-21)27-10-9-23(30)28-14-24(31)32-3;/h5-8,11-13,26H,4,9-10,14H2,1-3H3,(H,28,30);1H. The van der Waals surface area contributed by atoms with E-state index in [1.165, 1.54) is 7.11 Å². The molecule has 1 heterocycles. The van der Waals surface area contributed by atoms with Crippen LogP contribution < -0.4 is 16.0 Å². The number of nitrogens with one attached hydrogen (secondary N) is 2. The predicted molar refractivity (Wildman–Crippen MR) is 134 cm³/mol. The second-order valence-corrected chi connectivity index (χ2v) is 7.65. The van der Waals surface area contributed by atoms with Crippen molar-refractivity contribution in [3.63, 3.8) is 0 Å². The predicted octanol–water partition coefficient (Wildman–Crippen LogP) is 3.83. The van der Waals surface area contributed by atoms with Crippen LogP contribution in [-0.2, 0) is 14.3 Å². The number of carbonyl (C=O) groups excluding carboxylic acids is 2. The molecule has 0 radical (unpaired) electrons. The van der Waals surface area contributed by atoms with E-state index in [0.717, 1.165) is 45.1 Å². The second-order valence-electron chi connectivity index (χ2n) is 7.65. The topological polar surface area (TPSA) is 106 Å². The quantitative estimate of drug-likeness (QED) is 0.235. The molecule has 0 bridgehead atoms. The van der Waals surface area contributed by atoms with Gasteiger partial charge in [0.15, 0.2) is 11.3 Å². The van der Waals surface area contributed by atoms with Crippen molar-refractivity contribution in [1.82, 2.24) is 10.3 Å². The smallest absolute Gasteiger partial charge is 0.325 e. The fourth-order valence-electron chi connectivity index (χ4n) is 3.71. The van der Waals surface area contributed by atoms with Crippen LogP contribution in [0.4, 0.5) is 5.69 Å². The first-order valence-corrected chi connectivity index (χ1v) is 10.8. The van der Waals surface area contributed by atoms with Gasteiger partial charge in [-0.25, -0.2) is 4.98 Å². The Bertz CT molecular complexity index is 1380. The zero-order valence-corrected chi connectivity index (χ0v) is 20.1. The number of methoxy groups -OCH3 is 1. The molecule has 0 fully saturated rings. The van der Waals surface area contributed by atoms with Crippen molar-refractivity contribution in [3.8, 4) is 11.5 Å². The molecular formula is C25H27ClN4O4. The number of amides is 1. The van der Waals surface area contributed by atoms with E-state index in [1.54, 1.807) is 0 Å². The van der Waals surface area contributed by atoms with Gasteiger partial charge in [-0.2, -0.15) is 0 Å². The van der Waals surface area contributed by atoms with Gasteiger partial charge < -0.3 is 19.8 Å². The van der Waals surface area contributed by atoms with E-state index >= 15 is 0 Å². The lowest BCUT2D eigenvalue weighted by Crippen LogP contribution is -2.30. The van der Waals surface area contributed by atoms with Crippen LogP contribution in [0.15, 0.2) is 51.9 Å². The Morgan fingerprint density at radius 3 is 2.65 bits per heavy atom. The third kappa shape index (κ3) is 5.28. The van der Waals surface area contributed by atoms with Crippen LogP contribution in [0.1, 0.15) is 18.9 Å². The highest BCUT2D eigenvalue weighted by atomic mass is 35.5. The molecule has 1 aliphatic heterocycles. The molecule has 1 aliphatic carbocycles. The van der Waals surface area contributed by atoms with Crippen molar-refractivity contribution in [2.24, 2.45) is 4.99 Å². The van der Waals surface area contributed by atoms with Gasteiger partial charge in [0, 0.05) is 48.1 Å². The van der Waals surface area contributed by atoms with E-state index < -0.39 is 5.97 Å². The van der Waals surface area contributed by atoms with Gasteiger partial charge in [-0.15, -0.1) is 12.4 Å². The summed E-state index contributed by atoms with van der Waals surface area (Å²) in [5.41, 5.74) is 4.36. The molecule has 34 heavy (non-hydrogen) atoms. The summed E-state index contributed by atoms with van der Waals surface area (Å²) in [5, 5.41) is 8.45. The fraction of sp³-hybridized carbons (Fsp3) is 0.280. The van der Waals surface area contributed by atoms with Gasteiger partial charge in [-0.1, -0.05) is 24.3 Å². The summed E-state index contributed by atoms with van der Waals surface area (Å²) >= 11 is 0. The minimum atomic E-state index is -0.491. The van der Waals surface area contributed by atoms with Gasteiger partial charge in [0.05, 0.1) is 12.5 Å². The summed E-state index contributed by atoms with van der Waals surface area (Å²) in [5.74, 6) is -0.131. The molecular weight excluding hydrogens is 456 g/mol. The van der Waals surface area contributed by atoms with Crippen molar-refractivity contribution in [2.75, 3.05) is 32.1 Å². The number of benzene rings is 3. The van der Waals surface area contributed by atoms with Crippen LogP contribution in [0.3, 0.4) is 0 Å². The first kappa shape index (κ1) is 25.0. The highest BCUT2D eigenvalue weighted by Gasteiger charge is 2.16. The van der Waals surface area contributed by atoms with Crippen LogP contribution in [0, 0.1) is 6.92 Å². The summed E-state index contributed by atoms with van der Waals surface area (Å²) in [6.07, 6.45) is 0.155. The Morgan fingerprint density at radius 2 is 1.91 bits per heavy atom. The average molecular weight is 483 g/mol. The maximum absolute atomic E-state index is 12.0. The van der Waals surface area contributed by atoms with Gasteiger partial charge in [0.2, 0.25) is 5.91 Å². The van der Waals surface area contributed by atoms with E-state index in [9.17, 15) is 9.59 Å². The molecule has 2 aromatic carbocycles. The molecule has 0 atom stereocenters. The Hall–Kier alpha value is -3.65. The summed E-state index contributed by atoms with van der Waals surface area (Å²) in [6.45, 7) is 5.03. The van der Waals surface area contributed by atoms with Crippen LogP contribution >= 0.6 is 12.4 Å². The van der Waals surface area contributed by atoms with Gasteiger partial charge in [-0.05, 0) is 25.5 Å². The molecule has 0 saturated heterocycles. The molecule has 4 rings (SSSR count). The van der Waals surface area contributed by atoms with E-state index in [2.05, 4.69) is 27.3 Å². The number of aryl methyl sites for hydroxylation is 1. The summed E-state index contributed by atoms with van der Waals surface area (Å²) in [4.78, 5) is 32.7. The van der Waals surface area contributed by atoms with E-state index in [-0.39, 0.29) is 37.8 Å². The normalized spacial score (nSPS) is 11.4. The van der Waals surface area contributed by atoms with E-state index in [1.807, 2.05) is 49.4 Å². The highest BCUT2D eigenvalue weighted by molar-refractivity contribution is 5.96. The Balaban J connectivity index is 0.00000324. The summed E-state index contributed by atoms with van der Waals surface area (Å²) in [6, 6.07) is 13.7. The molecule has 0 spiro atoms. The van der Waals surface area contributed by atoms with Gasteiger partial charge in [0.25, 0.3) is 0 Å². The van der Waals surface area contributed by atoms with Gasteiger partial charge in [-0.3, -0.25) is 14.6 Å². The number of aromatic nitrogens is 1. The minimum absolute atomic E-state index is 0. The molecule has 178 valence electrons. The number of fused-ring (bicyclic) bond motifs is 4. The Morgan fingerprint density at radius 1 is 1.15 bits per heavy atom. The monoisotopic (exact) mass is 482 g/mol. The molecule has 9 heteroatoms. The number of hydrogen-bond donors (Lipinski definition) is 2. The number of anilines is 1. The first-order valence-electron chi connectivity index (χ1n) is 10.8. The molecule has 1 amide bonds. The van der Waals surface area contributed by atoms with Crippen molar-refractivity contribution >= 4 is 51.8 Å². The molecule has 8 nitrogen and oxygen atoms in total. The van der Waals surface area contributed by atoms with Crippen molar-refractivity contribution in [2.45, 2.75) is 20.3 Å². The van der Waals surface area contributed by atoms with Crippen LogP contribution in [0.25, 0.3) is 33.3 Å². The number of esters is 1. The van der Waals surface area contributed by atoms with Crippen molar-refractivity contribution in [3.05, 3.63) is 53.4 Å². The largest absolute Gasteiger partial charge is 0.468 e.